The van der Waals surface area contributed by atoms with Gasteiger partial charge in [-0.25, -0.2) is 0 Å². The van der Waals surface area contributed by atoms with Crippen LogP contribution in [-0.2, 0) is 9.53 Å². The highest BCUT2D eigenvalue weighted by atomic mass is 28.3. The van der Waals surface area contributed by atoms with Gasteiger partial charge in [0, 0.05) is 11.1 Å². The summed E-state index contributed by atoms with van der Waals surface area (Å²) < 4.78 is 11.9. The standard InChI is InChI=1S/C33H32O3Si/c1-23(37(3,4)27-21-19-26(35-2)20-22-27)33(34)36-32(30-17-9-13-24-11-5-7-15-28(24)30)31-18-10-14-25-12-6-8-16-29(25)31/h5-23,32H,1-4H3. The molecule has 0 amide bonds. The number of fused-ring (bicyclic) bond motifs is 2. The Bertz CT molecular complexity index is 1470. The molecule has 0 aliphatic heterocycles. The summed E-state index contributed by atoms with van der Waals surface area (Å²) in [6.45, 7) is 6.47. The normalized spacial score (nSPS) is 12.6. The van der Waals surface area contributed by atoms with Gasteiger partial charge in [-0.05, 0) is 33.7 Å². The van der Waals surface area contributed by atoms with Gasteiger partial charge in [-0.1, -0.05) is 122 Å². The lowest BCUT2D eigenvalue weighted by atomic mass is 9.92. The Morgan fingerprint density at radius 2 is 1.16 bits per heavy atom. The summed E-state index contributed by atoms with van der Waals surface area (Å²) in [5, 5.41) is 5.64. The number of carbonyl (C=O) groups is 1. The summed E-state index contributed by atoms with van der Waals surface area (Å²) >= 11 is 0. The van der Waals surface area contributed by atoms with E-state index in [9.17, 15) is 4.79 Å². The van der Waals surface area contributed by atoms with Crippen molar-refractivity contribution < 1.29 is 14.3 Å². The van der Waals surface area contributed by atoms with E-state index in [4.69, 9.17) is 9.47 Å². The average molecular weight is 505 g/mol. The first-order chi connectivity index (χ1) is 17.9. The van der Waals surface area contributed by atoms with Crippen molar-refractivity contribution in [3.8, 4) is 5.75 Å². The van der Waals surface area contributed by atoms with Gasteiger partial charge >= 0.3 is 5.97 Å². The van der Waals surface area contributed by atoms with Gasteiger partial charge in [-0.3, -0.25) is 4.79 Å². The molecular formula is C33H32O3Si. The highest BCUT2D eigenvalue weighted by molar-refractivity contribution is 6.93. The van der Waals surface area contributed by atoms with Gasteiger partial charge in [0.25, 0.3) is 0 Å². The van der Waals surface area contributed by atoms with Crippen LogP contribution in [0, 0.1) is 0 Å². The minimum Gasteiger partial charge on any atom is -0.497 e. The lowest BCUT2D eigenvalue weighted by molar-refractivity contribution is -0.147. The van der Waals surface area contributed by atoms with Gasteiger partial charge in [-0.15, -0.1) is 0 Å². The molecule has 0 aliphatic rings. The lowest BCUT2D eigenvalue weighted by Gasteiger charge is -2.31. The Morgan fingerprint density at radius 1 is 0.676 bits per heavy atom. The SMILES string of the molecule is COc1ccc([Si](C)(C)C(C)C(=O)OC(c2cccc3ccccc23)c2cccc3ccccc23)cc1. The van der Waals surface area contributed by atoms with Gasteiger partial charge in [-0.2, -0.15) is 0 Å². The Balaban J connectivity index is 1.58. The molecule has 3 nitrogen and oxygen atoms in total. The van der Waals surface area contributed by atoms with Gasteiger partial charge in [0.1, 0.15) is 5.75 Å². The van der Waals surface area contributed by atoms with Gasteiger partial charge < -0.3 is 9.47 Å². The minimum atomic E-state index is -2.19. The molecule has 4 heteroatoms. The predicted molar refractivity (Wildman–Crippen MR) is 155 cm³/mol. The van der Waals surface area contributed by atoms with Gasteiger partial charge in [0.15, 0.2) is 6.10 Å². The van der Waals surface area contributed by atoms with Crippen LogP contribution in [0.4, 0.5) is 0 Å². The van der Waals surface area contributed by atoms with Crippen LogP contribution in [-0.4, -0.2) is 21.2 Å². The predicted octanol–water partition coefficient (Wildman–Crippen LogP) is 7.64. The maximum Gasteiger partial charge on any atom is 0.307 e. The molecule has 5 aromatic rings. The fourth-order valence-corrected chi connectivity index (χ4v) is 7.22. The van der Waals surface area contributed by atoms with Crippen molar-refractivity contribution >= 4 is 40.8 Å². The third kappa shape index (κ3) is 4.77. The van der Waals surface area contributed by atoms with Crippen LogP contribution in [0.1, 0.15) is 24.2 Å². The van der Waals surface area contributed by atoms with Crippen molar-refractivity contribution in [3.05, 3.63) is 120 Å². The number of hydrogen-bond acceptors (Lipinski definition) is 3. The zero-order valence-electron chi connectivity index (χ0n) is 21.8. The molecule has 0 bridgehead atoms. The van der Waals surface area contributed by atoms with E-state index < -0.39 is 14.2 Å². The van der Waals surface area contributed by atoms with Crippen molar-refractivity contribution in [2.75, 3.05) is 7.11 Å². The number of methoxy groups -OCH3 is 1. The van der Waals surface area contributed by atoms with Crippen LogP contribution in [0.15, 0.2) is 109 Å². The zero-order chi connectivity index (χ0) is 26.0. The van der Waals surface area contributed by atoms with Crippen molar-refractivity contribution in [2.24, 2.45) is 0 Å². The van der Waals surface area contributed by atoms with Crippen LogP contribution < -0.4 is 9.92 Å². The molecule has 0 fully saturated rings. The molecular weight excluding hydrogens is 472 g/mol. The molecule has 0 saturated carbocycles. The number of hydrogen-bond donors (Lipinski definition) is 0. The first-order valence-corrected chi connectivity index (χ1v) is 15.8. The van der Waals surface area contributed by atoms with Crippen LogP contribution in [0.3, 0.4) is 0 Å². The second kappa shape index (κ2) is 10.2. The van der Waals surface area contributed by atoms with Gasteiger partial charge in [0.05, 0.1) is 20.7 Å². The highest BCUT2D eigenvalue weighted by Gasteiger charge is 2.38. The molecule has 1 unspecified atom stereocenters. The summed E-state index contributed by atoms with van der Waals surface area (Å²) in [5.41, 5.74) is 1.76. The molecule has 5 aromatic carbocycles. The molecule has 0 heterocycles. The van der Waals surface area contributed by atoms with Crippen molar-refractivity contribution in [2.45, 2.75) is 31.7 Å². The lowest BCUT2D eigenvalue weighted by Crippen LogP contribution is -2.48. The van der Waals surface area contributed by atoms with Crippen LogP contribution in [0.25, 0.3) is 21.5 Å². The molecule has 5 rings (SSSR count). The zero-order valence-corrected chi connectivity index (χ0v) is 22.8. The summed E-state index contributed by atoms with van der Waals surface area (Å²) in [4.78, 5) is 13.9. The fourth-order valence-electron chi connectivity index (χ4n) is 5.04. The van der Waals surface area contributed by atoms with Gasteiger partial charge in [0.2, 0.25) is 0 Å². The molecule has 0 N–H and O–H groups in total. The third-order valence-corrected chi connectivity index (χ3v) is 11.9. The first kappa shape index (κ1) is 24.8. The molecule has 186 valence electrons. The summed E-state index contributed by atoms with van der Waals surface area (Å²) in [7, 11) is -0.523. The molecule has 1 atom stereocenters. The van der Waals surface area contributed by atoms with E-state index in [0.717, 1.165) is 38.4 Å². The smallest absolute Gasteiger partial charge is 0.307 e. The Labute approximate surface area is 219 Å². The van der Waals surface area contributed by atoms with E-state index in [-0.39, 0.29) is 11.5 Å². The molecule has 37 heavy (non-hydrogen) atoms. The maximum absolute atomic E-state index is 13.9. The molecule has 0 radical (unpaired) electrons. The average Bonchev–Trinajstić information content (AvgIpc) is 2.95. The van der Waals surface area contributed by atoms with E-state index in [1.807, 2.05) is 55.5 Å². The number of rotatable bonds is 7. The number of carbonyl (C=O) groups excluding carboxylic acids is 1. The summed E-state index contributed by atoms with van der Waals surface area (Å²) in [6.07, 6.45) is -0.521. The monoisotopic (exact) mass is 504 g/mol. The van der Waals surface area contributed by atoms with Crippen LogP contribution in [0.2, 0.25) is 18.6 Å². The molecule has 0 aromatic heterocycles. The molecule has 0 aliphatic carbocycles. The third-order valence-electron chi connectivity index (χ3n) is 7.72. The Hall–Kier alpha value is -3.89. The minimum absolute atomic E-state index is 0.168. The molecule has 0 spiro atoms. The van der Waals surface area contributed by atoms with E-state index in [1.54, 1.807) is 7.11 Å². The van der Waals surface area contributed by atoms with E-state index >= 15 is 0 Å². The second-order valence-electron chi connectivity index (χ2n) is 10.1. The Morgan fingerprint density at radius 3 is 1.68 bits per heavy atom. The quantitative estimate of drug-likeness (QED) is 0.169. The molecule has 0 saturated heterocycles. The number of benzene rings is 5. The topological polar surface area (TPSA) is 35.5 Å². The van der Waals surface area contributed by atoms with Crippen LogP contribution >= 0.6 is 0 Å². The van der Waals surface area contributed by atoms with E-state index in [1.165, 1.54) is 5.19 Å². The fraction of sp³-hybridized carbons (Fsp3) is 0.182. The van der Waals surface area contributed by atoms with Crippen molar-refractivity contribution in [3.63, 3.8) is 0 Å². The number of ether oxygens (including phenoxy) is 2. The second-order valence-corrected chi connectivity index (χ2v) is 15.0. The van der Waals surface area contributed by atoms with E-state index in [2.05, 4.69) is 73.8 Å². The van der Waals surface area contributed by atoms with Crippen molar-refractivity contribution in [1.82, 2.24) is 0 Å². The number of esters is 1. The van der Waals surface area contributed by atoms with Crippen molar-refractivity contribution in [1.29, 1.82) is 0 Å². The summed E-state index contributed by atoms with van der Waals surface area (Å²) in [6, 6.07) is 37.1. The van der Waals surface area contributed by atoms with E-state index in [0.29, 0.717) is 0 Å². The van der Waals surface area contributed by atoms with Crippen LogP contribution in [0.5, 0.6) is 5.75 Å². The largest absolute Gasteiger partial charge is 0.497 e. The summed E-state index contributed by atoms with van der Waals surface area (Å²) in [5.74, 6) is 0.647. The first-order valence-electron chi connectivity index (χ1n) is 12.7. The highest BCUT2D eigenvalue weighted by Crippen LogP contribution is 2.37. The maximum atomic E-state index is 13.9. The Kier molecular flexibility index (Phi) is 6.85.